The molecule has 3 rings (SSSR count). The van der Waals surface area contributed by atoms with E-state index in [1.807, 2.05) is 18.4 Å². The standard InChI is InChI=1S/C16H17Cl2N5OS/c1-7-12-10(21-22-16(19)20)5-8(9-3-4-25-14(9)18)6-11(12)23(2)15(24)13(7)17/h3-4,8H,5-6H2,1-2H3,(H4,19,20,22)/b21-10-. The fraction of sp³-hybridized carbons (Fsp3) is 0.312. The van der Waals surface area contributed by atoms with Gasteiger partial charge in [-0.3, -0.25) is 4.79 Å². The first kappa shape index (κ1) is 18.0. The fourth-order valence-electron chi connectivity index (χ4n) is 3.21. The molecule has 132 valence electrons. The second-order valence-electron chi connectivity index (χ2n) is 5.95. The van der Waals surface area contributed by atoms with E-state index in [0.29, 0.717) is 24.1 Å². The SMILES string of the molecule is Cc1c2c(n(C)c(=O)c1Cl)CC(c1ccsc1Cl)C/C2=N/N=C(N)N. The average molecular weight is 398 g/mol. The van der Waals surface area contributed by atoms with Gasteiger partial charge >= 0.3 is 0 Å². The highest BCUT2D eigenvalue weighted by Gasteiger charge is 2.31. The van der Waals surface area contributed by atoms with Crippen molar-refractivity contribution >= 4 is 46.2 Å². The van der Waals surface area contributed by atoms with Crippen molar-refractivity contribution in [2.45, 2.75) is 25.7 Å². The second kappa shape index (κ2) is 6.82. The first-order chi connectivity index (χ1) is 11.8. The lowest BCUT2D eigenvalue weighted by Gasteiger charge is -2.29. The van der Waals surface area contributed by atoms with Crippen LogP contribution < -0.4 is 17.0 Å². The maximum atomic E-state index is 12.4. The molecule has 6 nitrogen and oxygen atoms in total. The Bertz CT molecular complexity index is 956. The molecule has 0 fully saturated rings. The van der Waals surface area contributed by atoms with Crippen molar-refractivity contribution in [1.29, 1.82) is 0 Å². The average Bonchev–Trinajstić information content (AvgIpc) is 3.01. The first-order valence-corrected chi connectivity index (χ1v) is 9.21. The summed E-state index contributed by atoms with van der Waals surface area (Å²) in [6, 6.07) is 2.00. The molecule has 1 atom stereocenters. The Morgan fingerprint density at radius 3 is 2.68 bits per heavy atom. The molecule has 0 spiro atoms. The summed E-state index contributed by atoms with van der Waals surface area (Å²) in [4.78, 5) is 12.4. The molecule has 4 N–H and O–H groups in total. The number of thiophene rings is 1. The molecule has 0 saturated heterocycles. The molecule has 2 heterocycles. The molecule has 1 aliphatic rings. The summed E-state index contributed by atoms with van der Waals surface area (Å²) in [6.07, 6.45) is 1.27. The predicted molar refractivity (Wildman–Crippen MR) is 104 cm³/mol. The van der Waals surface area contributed by atoms with Gasteiger partial charge in [0, 0.05) is 18.3 Å². The van der Waals surface area contributed by atoms with E-state index in [0.717, 1.165) is 21.2 Å². The second-order valence-corrected chi connectivity index (χ2v) is 7.85. The van der Waals surface area contributed by atoms with Crippen LogP contribution in [0.15, 0.2) is 26.4 Å². The minimum Gasteiger partial charge on any atom is -0.369 e. The molecule has 2 aromatic heterocycles. The van der Waals surface area contributed by atoms with Crippen molar-refractivity contribution in [3.05, 3.63) is 53.5 Å². The van der Waals surface area contributed by atoms with E-state index >= 15 is 0 Å². The number of guanidine groups is 1. The lowest BCUT2D eigenvalue weighted by molar-refractivity contribution is 0.636. The summed E-state index contributed by atoms with van der Waals surface area (Å²) in [6.45, 7) is 1.81. The number of hydrogen-bond donors (Lipinski definition) is 2. The van der Waals surface area contributed by atoms with Crippen molar-refractivity contribution in [1.82, 2.24) is 4.57 Å². The van der Waals surface area contributed by atoms with Gasteiger partial charge in [-0.2, -0.15) is 5.10 Å². The van der Waals surface area contributed by atoms with Crippen LogP contribution in [0.2, 0.25) is 9.36 Å². The van der Waals surface area contributed by atoms with Crippen molar-refractivity contribution in [3.63, 3.8) is 0 Å². The summed E-state index contributed by atoms with van der Waals surface area (Å²) in [5, 5.41) is 10.2. The molecule has 0 saturated carbocycles. The van der Waals surface area contributed by atoms with Gasteiger partial charge in [-0.15, -0.1) is 16.4 Å². The van der Waals surface area contributed by atoms with Gasteiger partial charge in [0.1, 0.15) is 5.02 Å². The Hall–Kier alpha value is -1.83. The Kier molecular flexibility index (Phi) is 4.90. The Morgan fingerprint density at radius 2 is 2.08 bits per heavy atom. The number of pyridine rings is 1. The van der Waals surface area contributed by atoms with Crippen molar-refractivity contribution in [2.24, 2.45) is 28.7 Å². The molecule has 0 aromatic carbocycles. The van der Waals surface area contributed by atoms with Crippen molar-refractivity contribution in [3.8, 4) is 0 Å². The van der Waals surface area contributed by atoms with Gasteiger partial charge in [0.05, 0.1) is 10.0 Å². The monoisotopic (exact) mass is 397 g/mol. The lowest BCUT2D eigenvalue weighted by Crippen LogP contribution is -2.31. The molecule has 1 aliphatic carbocycles. The summed E-state index contributed by atoms with van der Waals surface area (Å²) in [5.74, 6) is -0.0383. The van der Waals surface area contributed by atoms with Crippen LogP contribution in [-0.4, -0.2) is 16.2 Å². The zero-order valence-electron chi connectivity index (χ0n) is 13.7. The highest BCUT2D eigenvalue weighted by Crippen LogP contribution is 2.39. The zero-order chi connectivity index (χ0) is 18.3. The van der Waals surface area contributed by atoms with Gasteiger partial charge in [0.2, 0.25) is 5.96 Å². The van der Waals surface area contributed by atoms with E-state index < -0.39 is 0 Å². The van der Waals surface area contributed by atoms with Crippen LogP contribution in [0.5, 0.6) is 0 Å². The maximum absolute atomic E-state index is 12.4. The van der Waals surface area contributed by atoms with Crippen LogP contribution in [0.1, 0.15) is 34.7 Å². The zero-order valence-corrected chi connectivity index (χ0v) is 16.0. The van der Waals surface area contributed by atoms with Gasteiger partial charge in [-0.25, -0.2) is 0 Å². The summed E-state index contributed by atoms with van der Waals surface area (Å²) >= 11 is 14.0. The third-order valence-electron chi connectivity index (χ3n) is 4.43. The van der Waals surface area contributed by atoms with Gasteiger partial charge < -0.3 is 16.0 Å². The number of hydrogen-bond acceptors (Lipinski definition) is 4. The molecular formula is C16H17Cl2N5OS. The van der Waals surface area contributed by atoms with Crippen LogP contribution in [-0.2, 0) is 13.5 Å². The highest BCUT2D eigenvalue weighted by molar-refractivity contribution is 7.14. The van der Waals surface area contributed by atoms with Gasteiger partial charge in [0.15, 0.2) is 0 Å². The highest BCUT2D eigenvalue weighted by atomic mass is 35.5. The van der Waals surface area contributed by atoms with E-state index in [1.54, 1.807) is 11.6 Å². The van der Waals surface area contributed by atoms with Gasteiger partial charge in [-0.1, -0.05) is 23.2 Å². The third kappa shape index (κ3) is 3.19. The normalized spacial score (nSPS) is 18.2. The Balaban J connectivity index is 2.24. The minimum absolute atomic E-state index is 0.0883. The molecule has 0 aliphatic heterocycles. The largest absolute Gasteiger partial charge is 0.369 e. The fourth-order valence-corrected chi connectivity index (χ4v) is 4.51. The van der Waals surface area contributed by atoms with Crippen LogP contribution in [0.4, 0.5) is 0 Å². The van der Waals surface area contributed by atoms with E-state index in [4.69, 9.17) is 34.7 Å². The summed E-state index contributed by atoms with van der Waals surface area (Å²) < 4.78 is 2.31. The van der Waals surface area contributed by atoms with Crippen LogP contribution in [0.25, 0.3) is 0 Å². The predicted octanol–water partition coefficient (Wildman–Crippen LogP) is 2.77. The lowest BCUT2D eigenvalue weighted by atomic mass is 9.80. The Labute approximate surface area is 158 Å². The van der Waals surface area contributed by atoms with Gasteiger partial charge in [0.25, 0.3) is 5.56 Å². The van der Waals surface area contributed by atoms with E-state index in [9.17, 15) is 4.79 Å². The molecule has 9 heteroatoms. The Morgan fingerprint density at radius 1 is 1.36 bits per heavy atom. The number of rotatable bonds is 2. The molecule has 0 radical (unpaired) electrons. The third-order valence-corrected chi connectivity index (χ3v) is 6.08. The number of nitrogens with two attached hydrogens (primary N) is 2. The summed E-state index contributed by atoms with van der Waals surface area (Å²) in [7, 11) is 1.71. The number of nitrogens with zero attached hydrogens (tertiary/aromatic N) is 3. The van der Waals surface area contributed by atoms with Crippen LogP contribution in [0.3, 0.4) is 0 Å². The molecule has 2 aromatic rings. The van der Waals surface area contributed by atoms with E-state index in [1.165, 1.54) is 11.3 Å². The van der Waals surface area contributed by atoms with E-state index in [2.05, 4.69) is 10.2 Å². The number of fused-ring (bicyclic) bond motifs is 1. The van der Waals surface area contributed by atoms with Gasteiger partial charge in [-0.05, 0) is 48.3 Å². The molecular weight excluding hydrogens is 381 g/mol. The molecule has 1 unspecified atom stereocenters. The summed E-state index contributed by atoms with van der Waals surface area (Å²) in [5.41, 5.74) is 14.7. The smallest absolute Gasteiger partial charge is 0.269 e. The topological polar surface area (TPSA) is 98.8 Å². The first-order valence-electron chi connectivity index (χ1n) is 7.58. The maximum Gasteiger partial charge on any atom is 0.269 e. The minimum atomic E-state index is -0.226. The number of halogens is 2. The quantitative estimate of drug-likeness (QED) is 0.462. The van der Waals surface area contributed by atoms with Crippen LogP contribution in [0, 0.1) is 6.92 Å². The van der Waals surface area contributed by atoms with Crippen molar-refractivity contribution < 1.29 is 0 Å². The van der Waals surface area contributed by atoms with Crippen LogP contribution >= 0.6 is 34.5 Å². The molecule has 0 amide bonds. The molecule has 25 heavy (non-hydrogen) atoms. The van der Waals surface area contributed by atoms with E-state index in [-0.39, 0.29) is 22.5 Å². The number of aromatic nitrogens is 1. The molecule has 0 bridgehead atoms. The van der Waals surface area contributed by atoms with Crippen molar-refractivity contribution in [2.75, 3.05) is 0 Å².